The maximum absolute atomic E-state index is 5.01. The van der Waals surface area contributed by atoms with Gasteiger partial charge in [0.15, 0.2) is 0 Å². The number of para-hydroxylation sites is 8. The van der Waals surface area contributed by atoms with E-state index < -0.39 is 0 Å². The van der Waals surface area contributed by atoms with E-state index in [9.17, 15) is 0 Å². The molecule has 0 saturated heterocycles. The Morgan fingerprint density at radius 2 is 0.861 bits per heavy atom. The Balaban J connectivity index is 1.28. The molecule has 8 rings (SSSR count). The first kappa shape index (κ1) is 19.7. The highest BCUT2D eigenvalue weighted by atomic mass is 15.4. The van der Waals surface area contributed by atoms with E-state index in [-0.39, 0.29) is 0 Å². The van der Waals surface area contributed by atoms with Gasteiger partial charge in [0.1, 0.15) is 0 Å². The molecule has 7 heteroatoms. The zero-order chi connectivity index (χ0) is 23.8. The van der Waals surface area contributed by atoms with Crippen LogP contribution in [0.25, 0.3) is 55.7 Å². The van der Waals surface area contributed by atoms with E-state index in [1.165, 1.54) is 22.1 Å². The van der Waals surface area contributed by atoms with Gasteiger partial charge in [0.25, 0.3) is 0 Å². The van der Waals surface area contributed by atoms with Gasteiger partial charge in [-0.05, 0) is 55.6 Å². The van der Waals surface area contributed by atoms with Gasteiger partial charge in [0.05, 0.1) is 57.5 Å². The Labute approximate surface area is 206 Å². The summed E-state index contributed by atoms with van der Waals surface area (Å²) in [6.45, 7) is 1.39. The summed E-state index contributed by atoms with van der Waals surface area (Å²) in [4.78, 5) is 12.3. The number of fused-ring (bicyclic) bond motifs is 10. The van der Waals surface area contributed by atoms with Crippen molar-refractivity contribution in [2.24, 2.45) is 0 Å². The minimum Gasteiger partial charge on any atom is -0.296 e. The first-order chi connectivity index (χ1) is 17.8. The average Bonchev–Trinajstić information content (AvgIpc) is 3.63. The molecule has 0 saturated carbocycles. The van der Waals surface area contributed by atoms with Crippen LogP contribution >= 0.6 is 0 Å². The van der Waals surface area contributed by atoms with Gasteiger partial charge in [-0.1, -0.05) is 48.5 Å². The first-order valence-electron chi connectivity index (χ1n) is 12.2. The number of rotatable bonds is 4. The van der Waals surface area contributed by atoms with Gasteiger partial charge in [0, 0.05) is 0 Å². The van der Waals surface area contributed by atoms with E-state index in [4.69, 9.17) is 9.97 Å². The predicted molar refractivity (Wildman–Crippen MR) is 144 cm³/mol. The van der Waals surface area contributed by atoms with E-state index in [2.05, 4.69) is 115 Å². The van der Waals surface area contributed by atoms with Crippen LogP contribution in [0, 0.1) is 0 Å². The summed E-state index contributed by atoms with van der Waals surface area (Å²) in [5, 5.41) is 0. The molecule has 4 aromatic heterocycles. The summed E-state index contributed by atoms with van der Waals surface area (Å²) in [5.74, 6) is 1.91. The second-order valence-corrected chi connectivity index (χ2v) is 9.44. The average molecular weight is 470 g/mol. The first-order valence-corrected chi connectivity index (χ1v) is 12.2. The van der Waals surface area contributed by atoms with Crippen molar-refractivity contribution in [2.75, 3.05) is 7.05 Å². The van der Waals surface area contributed by atoms with Crippen LogP contribution in [0.1, 0.15) is 0 Å². The highest BCUT2D eigenvalue weighted by Gasteiger charge is 2.19. The molecular formula is C29H23N7. The fraction of sp³-hybridized carbons (Fsp3) is 0.103. The Kier molecular flexibility index (Phi) is 3.93. The lowest BCUT2D eigenvalue weighted by Crippen LogP contribution is -2.25. The Bertz CT molecular complexity index is 1930. The van der Waals surface area contributed by atoms with E-state index in [0.29, 0.717) is 13.3 Å². The van der Waals surface area contributed by atoms with Crippen molar-refractivity contribution in [3.05, 3.63) is 97.1 Å². The summed E-state index contributed by atoms with van der Waals surface area (Å²) >= 11 is 0. The van der Waals surface area contributed by atoms with Gasteiger partial charge in [-0.2, -0.15) is 0 Å². The fourth-order valence-corrected chi connectivity index (χ4v) is 5.65. The van der Waals surface area contributed by atoms with Crippen LogP contribution in [0.2, 0.25) is 0 Å². The van der Waals surface area contributed by atoms with E-state index in [1.807, 2.05) is 12.1 Å². The number of hydrogen-bond acceptors (Lipinski definition) is 3. The summed E-state index contributed by atoms with van der Waals surface area (Å²) in [6, 6.07) is 33.8. The monoisotopic (exact) mass is 469 g/mol. The second kappa shape index (κ2) is 7.19. The smallest absolute Gasteiger partial charge is 0.217 e. The molecule has 36 heavy (non-hydrogen) atoms. The van der Waals surface area contributed by atoms with Crippen LogP contribution in [0.15, 0.2) is 97.1 Å². The van der Waals surface area contributed by atoms with Crippen molar-refractivity contribution in [1.29, 1.82) is 0 Å². The van der Waals surface area contributed by atoms with Crippen LogP contribution in [0.5, 0.6) is 0 Å². The zero-order valence-electron chi connectivity index (χ0n) is 19.8. The molecule has 8 aromatic rings. The normalized spacial score (nSPS) is 12.5. The molecule has 0 unspecified atom stereocenters. The summed E-state index contributed by atoms with van der Waals surface area (Å²) < 4.78 is 9.15. The molecule has 0 fully saturated rings. The van der Waals surface area contributed by atoms with Gasteiger partial charge >= 0.3 is 0 Å². The second-order valence-electron chi connectivity index (χ2n) is 9.44. The van der Waals surface area contributed by atoms with Crippen molar-refractivity contribution in [3.8, 4) is 0 Å². The molecule has 7 nitrogen and oxygen atoms in total. The SMILES string of the molecule is CN(Cn1c2ccccc2n2c3ccccc3nc12)Cn1c2ccccc2n2c3ccccc3nc12. The van der Waals surface area contributed by atoms with Gasteiger partial charge in [-0.3, -0.25) is 22.8 Å². The Hall–Kier alpha value is -4.62. The van der Waals surface area contributed by atoms with Gasteiger partial charge in [-0.15, -0.1) is 0 Å². The lowest BCUT2D eigenvalue weighted by molar-refractivity contribution is 0.226. The van der Waals surface area contributed by atoms with Crippen LogP contribution in [0.4, 0.5) is 0 Å². The molecule has 0 amide bonds. The third-order valence-corrected chi connectivity index (χ3v) is 7.16. The number of hydrogen-bond donors (Lipinski definition) is 0. The maximum atomic E-state index is 5.01. The van der Waals surface area contributed by atoms with Crippen LogP contribution < -0.4 is 0 Å². The number of nitrogens with zero attached hydrogens (tertiary/aromatic N) is 7. The molecule has 0 radical (unpaired) electrons. The van der Waals surface area contributed by atoms with Crippen molar-refractivity contribution in [1.82, 2.24) is 32.8 Å². The minimum absolute atomic E-state index is 0.694. The summed E-state index contributed by atoms with van der Waals surface area (Å²) in [6.07, 6.45) is 0. The highest BCUT2D eigenvalue weighted by Crippen LogP contribution is 2.28. The third kappa shape index (κ3) is 2.60. The number of aromatic nitrogens is 6. The van der Waals surface area contributed by atoms with E-state index in [1.54, 1.807) is 0 Å². The van der Waals surface area contributed by atoms with E-state index >= 15 is 0 Å². The molecular weight excluding hydrogens is 446 g/mol. The molecule has 0 aliphatic carbocycles. The Morgan fingerprint density at radius 1 is 0.500 bits per heavy atom. The Morgan fingerprint density at radius 3 is 1.31 bits per heavy atom. The number of imidazole rings is 4. The largest absolute Gasteiger partial charge is 0.296 e. The van der Waals surface area contributed by atoms with Gasteiger partial charge < -0.3 is 0 Å². The van der Waals surface area contributed by atoms with Gasteiger partial charge in [0.2, 0.25) is 11.6 Å². The maximum Gasteiger partial charge on any atom is 0.217 e. The van der Waals surface area contributed by atoms with Crippen molar-refractivity contribution >= 4 is 55.7 Å². The molecule has 174 valence electrons. The van der Waals surface area contributed by atoms with Crippen LogP contribution in [-0.4, -0.2) is 39.9 Å². The quantitative estimate of drug-likeness (QED) is 0.330. The lowest BCUT2D eigenvalue weighted by Gasteiger charge is -2.19. The highest BCUT2D eigenvalue weighted by molar-refractivity contribution is 5.91. The fourth-order valence-electron chi connectivity index (χ4n) is 5.65. The molecule has 0 aliphatic rings. The minimum atomic E-state index is 0.694. The molecule has 0 bridgehead atoms. The molecule has 4 aromatic carbocycles. The van der Waals surface area contributed by atoms with Crippen LogP contribution in [0.3, 0.4) is 0 Å². The third-order valence-electron chi connectivity index (χ3n) is 7.16. The molecule has 0 spiro atoms. The van der Waals surface area contributed by atoms with Crippen molar-refractivity contribution in [3.63, 3.8) is 0 Å². The van der Waals surface area contributed by atoms with Crippen LogP contribution in [-0.2, 0) is 13.3 Å². The summed E-state index contributed by atoms with van der Waals surface area (Å²) in [7, 11) is 2.15. The van der Waals surface area contributed by atoms with E-state index in [0.717, 1.165) is 33.6 Å². The number of benzene rings is 4. The standard InChI is InChI=1S/C29H23N7/c1-32(18-33-24-14-6-8-16-26(24)35-22-12-4-2-10-20(22)30-28(33)35)19-34-25-15-7-9-17-27(25)36-23-13-5-3-11-21(23)31-29(34)36/h2-17H,18-19H2,1H3. The summed E-state index contributed by atoms with van der Waals surface area (Å²) in [5.41, 5.74) is 8.97. The van der Waals surface area contributed by atoms with Crippen molar-refractivity contribution in [2.45, 2.75) is 13.3 Å². The lowest BCUT2D eigenvalue weighted by atomic mass is 10.3. The molecule has 4 heterocycles. The zero-order valence-corrected chi connectivity index (χ0v) is 19.8. The molecule has 0 atom stereocenters. The molecule has 0 N–H and O–H groups in total. The van der Waals surface area contributed by atoms with Crippen molar-refractivity contribution < 1.29 is 0 Å². The van der Waals surface area contributed by atoms with Gasteiger partial charge in [-0.25, -0.2) is 9.97 Å². The topological polar surface area (TPSA) is 47.7 Å². The molecule has 0 aliphatic heterocycles. The predicted octanol–water partition coefficient (Wildman–Crippen LogP) is 5.74.